The van der Waals surface area contributed by atoms with Crippen molar-refractivity contribution >= 4 is 23.3 Å². The Morgan fingerprint density at radius 1 is 1.35 bits per heavy atom. The molecule has 0 atom stereocenters. The second kappa shape index (κ2) is 7.37. The monoisotopic (exact) mass is 279 g/mol. The fraction of sp³-hybridized carbons (Fsp3) is 0.429. The van der Waals surface area contributed by atoms with Gasteiger partial charge in [-0.05, 0) is 24.6 Å². The Kier molecular flexibility index (Phi) is 5.83. The number of nitrogen functional groups attached to an aromatic ring is 1. The summed E-state index contributed by atoms with van der Waals surface area (Å²) in [5.41, 5.74) is 7.65. The molecule has 6 heteroatoms. The molecule has 20 heavy (non-hydrogen) atoms. The van der Waals surface area contributed by atoms with Crippen LogP contribution >= 0.6 is 0 Å². The summed E-state index contributed by atoms with van der Waals surface area (Å²) in [6.45, 7) is 0.210. The zero-order valence-corrected chi connectivity index (χ0v) is 12.1. The maximum Gasteiger partial charge on any atom is 0.338 e. The molecular weight excluding hydrogens is 258 g/mol. The number of amides is 1. The SMILES string of the molecule is CNC(=O)CCCOC(=O)c1ccc(N(C)C)c(N)c1. The Hall–Kier alpha value is -2.24. The highest BCUT2D eigenvalue weighted by molar-refractivity contribution is 5.92. The van der Waals surface area contributed by atoms with Crippen molar-refractivity contribution in [3.8, 4) is 0 Å². The lowest BCUT2D eigenvalue weighted by Crippen LogP contribution is -2.18. The average molecular weight is 279 g/mol. The summed E-state index contributed by atoms with van der Waals surface area (Å²) in [5, 5.41) is 2.51. The molecule has 0 saturated carbocycles. The maximum absolute atomic E-state index is 11.8. The van der Waals surface area contributed by atoms with Crippen LogP contribution in [0.2, 0.25) is 0 Å². The second-order valence-corrected chi connectivity index (χ2v) is 4.58. The smallest absolute Gasteiger partial charge is 0.338 e. The minimum atomic E-state index is -0.432. The predicted octanol–water partition coefficient (Wildman–Crippen LogP) is 1.02. The van der Waals surface area contributed by atoms with Crippen LogP contribution < -0.4 is 16.0 Å². The normalized spacial score (nSPS) is 9.95. The Bertz CT molecular complexity index is 487. The molecule has 0 aliphatic rings. The van der Waals surface area contributed by atoms with Gasteiger partial charge in [-0.25, -0.2) is 4.79 Å². The molecule has 0 fully saturated rings. The standard InChI is InChI=1S/C14H21N3O3/c1-16-13(18)5-4-8-20-14(19)10-6-7-12(17(2)3)11(15)9-10/h6-7,9H,4-5,8,15H2,1-3H3,(H,16,18). The zero-order chi connectivity index (χ0) is 15.1. The molecule has 1 aromatic rings. The van der Waals surface area contributed by atoms with Crippen molar-refractivity contribution in [1.29, 1.82) is 0 Å². The third-order valence-electron chi connectivity index (χ3n) is 2.81. The van der Waals surface area contributed by atoms with Gasteiger partial charge in [-0.15, -0.1) is 0 Å². The van der Waals surface area contributed by atoms with Gasteiger partial charge in [0.15, 0.2) is 0 Å². The summed E-state index contributed by atoms with van der Waals surface area (Å²) in [7, 11) is 5.33. The predicted molar refractivity (Wildman–Crippen MR) is 78.8 cm³/mol. The van der Waals surface area contributed by atoms with E-state index in [-0.39, 0.29) is 12.5 Å². The van der Waals surface area contributed by atoms with Gasteiger partial charge >= 0.3 is 5.97 Å². The fourth-order valence-corrected chi connectivity index (χ4v) is 1.69. The van der Waals surface area contributed by atoms with E-state index in [9.17, 15) is 9.59 Å². The van der Waals surface area contributed by atoms with Gasteiger partial charge in [0.1, 0.15) is 0 Å². The molecule has 0 unspecified atom stereocenters. The largest absolute Gasteiger partial charge is 0.462 e. The van der Waals surface area contributed by atoms with Gasteiger partial charge < -0.3 is 20.7 Å². The second-order valence-electron chi connectivity index (χ2n) is 4.58. The summed E-state index contributed by atoms with van der Waals surface area (Å²) < 4.78 is 5.09. The van der Waals surface area contributed by atoms with Crippen molar-refractivity contribution in [3.05, 3.63) is 23.8 Å². The van der Waals surface area contributed by atoms with Crippen molar-refractivity contribution in [1.82, 2.24) is 5.32 Å². The first-order valence-corrected chi connectivity index (χ1v) is 6.40. The first-order chi connectivity index (χ1) is 9.45. The topological polar surface area (TPSA) is 84.7 Å². The molecule has 1 amide bonds. The Morgan fingerprint density at radius 2 is 2.05 bits per heavy atom. The van der Waals surface area contributed by atoms with Crippen molar-refractivity contribution in [2.45, 2.75) is 12.8 Å². The van der Waals surface area contributed by atoms with E-state index < -0.39 is 5.97 Å². The maximum atomic E-state index is 11.8. The van der Waals surface area contributed by atoms with Crippen LogP contribution in [0.25, 0.3) is 0 Å². The molecule has 0 aliphatic carbocycles. The Morgan fingerprint density at radius 3 is 2.60 bits per heavy atom. The van der Waals surface area contributed by atoms with E-state index in [0.717, 1.165) is 5.69 Å². The number of nitrogens with one attached hydrogen (secondary N) is 1. The zero-order valence-electron chi connectivity index (χ0n) is 12.1. The number of hydrogen-bond donors (Lipinski definition) is 2. The molecule has 110 valence electrons. The number of ether oxygens (including phenoxy) is 1. The Balaban J connectivity index is 2.52. The number of esters is 1. The summed E-state index contributed by atoms with van der Waals surface area (Å²) in [4.78, 5) is 24.7. The minimum absolute atomic E-state index is 0.0689. The van der Waals surface area contributed by atoms with Gasteiger partial charge in [-0.3, -0.25) is 4.79 Å². The first-order valence-electron chi connectivity index (χ1n) is 6.40. The van der Waals surface area contributed by atoms with Gasteiger partial charge in [0.05, 0.1) is 23.5 Å². The Labute approximate surface area is 118 Å². The van der Waals surface area contributed by atoms with E-state index in [1.807, 2.05) is 19.0 Å². The van der Waals surface area contributed by atoms with Crippen molar-refractivity contribution in [2.24, 2.45) is 0 Å². The van der Waals surface area contributed by atoms with Crippen LogP contribution in [0.3, 0.4) is 0 Å². The number of carbonyl (C=O) groups is 2. The van der Waals surface area contributed by atoms with Crippen LogP contribution in [0, 0.1) is 0 Å². The number of benzene rings is 1. The fourth-order valence-electron chi connectivity index (χ4n) is 1.69. The van der Waals surface area contributed by atoms with Crippen molar-refractivity contribution in [2.75, 3.05) is 38.4 Å². The van der Waals surface area contributed by atoms with E-state index in [0.29, 0.717) is 24.1 Å². The molecule has 0 aliphatic heterocycles. The molecular formula is C14H21N3O3. The summed E-state index contributed by atoms with van der Waals surface area (Å²) >= 11 is 0. The molecule has 0 bridgehead atoms. The third-order valence-corrected chi connectivity index (χ3v) is 2.81. The van der Waals surface area contributed by atoms with Gasteiger partial charge in [0.25, 0.3) is 0 Å². The lowest BCUT2D eigenvalue weighted by Gasteiger charge is -2.15. The lowest BCUT2D eigenvalue weighted by atomic mass is 10.1. The number of carbonyl (C=O) groups excluding carboxylic acids is 2. The van der Waals surface area contributed by atoms with Crippen LogP contribution in [0.15, 0.2) is 18.2 Å². The molecule has 0 heterocycles. The molecule has 0 saturated heterocycles. The van der Waals surface area contributed by atoms with Crippen molar-refractivity contribution in [3.63, 3.8) is 0 Å². The van der Waals surface area contributed by atoms with E-state index in [1.165, 1.54) is 0 Å². The summed E-state index contributed by atoms with van der Waals surface area (Å²) in [5.74, 6) is -0.500. The van der Waals surface area contributed by atoms with Gasteiger partial charge in [0.2, 0.25) is 5.91 Å². The van der Waals surface area contributed by atoms with E-state index in [2.05, 4.69) is 5.32 Å². The van der Waals surface area contributed by atoms with E-state index in [1.54, 1.807) is 25.2 Å². The van der Waals surface area contributed by atoms with Gasteiger partial charge in [0, 0.05) is 27.6 Å². The molecule has 6 nitrogen and oxygen atoms in total. The number of hydrogen-bond acceptors (Lipinski definition) is 5. The highest BCUT2D eigenvalue weighted by atomic mass is 16.5. The van der Waals surface area contributed by atoms with Crippen LogP contribution in [0.1, 0.15) is 23.2 Å². The molecule has 0 spiro atoms. The highest BCUT2D eigenvalue weighted by Crippen LogP contribution is 2.22. The first kappa shape index (κ1) is 15.8. The molecule has 0 aromatic heterocycles. The number of anilines is 2. The van der Waals surface area contributed by atoms with Crippen LogP contribution in [-0.4, -0.2) is 39.6 Å². The van der Waals surface area contributed by atoms with E-state index in [4.69, 9.17) is 10.5 Å². The van der Waals surface area contributed by atoms with E-state index >= 15 is 0 Å². The van der Waals surface area contributed by atoms with Crippen LogP contribution in [0.4, 0.5) is 11.4 Å². The van der Waals surface area contributed by atoms with Gasteiger partial charge in [-0.2, -0.15) is 0 Å². The summed E-state index contributed by atoms with van der Waals surface area (Å²) in [6.07, 6.45) is 0.835. The highest BCUT2D eigenvalue weighted by Gasteiger charge is 2.10. The van der Waals surface area contributed by atoms with Gasteiger partial charge in [-0.1, -0.05) is 0 Å². The molecule has 0 radical (unpaired) electrons. The lowest BCUT2D eigenvalue weighted by molar-refractivity contribution is -0.120. The quantitative estimate of drug-likeness (QED) is 0.461. The van der Waals surface area contributed by atoms with Crippen molar-refractivity contribution < 1.29 is 14.3 Å². The van der Waals surface area contributed by atoms with Crippen LogP contribution in [0.5, 0.6) is 0 Å². The minimum Gasteiger partial charge on any atom is -0.462 e. The summed E-state index contributed by atoms with van der Waals surface area (Å²) in [6, 6.07) is 5.04. The molecule has 3 N–H and O–H groups in total. The number of nitrogens with zero attached hydrogens (tertiary/aromatic N) is 1. The third kappa shape index (κ3) is 4.46. The molecule has 1 rings (SSSR count). The van der Waals surface area contributed by atoms with Crippen LogP contribution in [-0.2, 0) is 9.53 Å². The average Bonchev–Trinajstić information content (AvgIpc) is 2.42. The molecule has 1 aromatic carbocycles. The number of rotatable bonds is 6. The number of nitrogens with two attached hydrogens (primary N) is 1.